The Hall–Kier alpha value is -2.93. The summed E-state index contributed by atoms with van der Waals surface area (Å²) in [6.07, 6.45) is 2.89. The third-order valence-corrected chi connectivity index (χ3v) is 4.23. The molecular weight excluding hydrogens is 364 g/mol. The lowest BCUT2D eigenvalue weighted by atomic mass is 10.1. The molecule has 1 aromatic heterocycles. The number of hydrogen-bond donors (Lipinski definition) is 2. The van der Waals surface area contributed by atoms with Crippen LogP contribution in [0.15, 0.2) is 47.9 Å². The molecule has 0 aliphatic carbocycles. The van der Waals surface area contributed by atoms with Gasteiger partial charge in [-0.15, -0.1) is 11.3 Å². The van der Waals surface area contributed by atoms with Gasteiger partial charge in [0.25, 0.3) is 11.8 Å². The van der Waals surface area contributed by atoms with Crippen LogP contribution in [0.2, 0.25) is 0 Å². The van der Waals surface area contributed by atoms with Gasteiger partial charge in [-0.05, 0) is 35.6 Å². The van der Waals surface area contributed by atoms with Crippen LogP contribution >= 0.6 is 11.3 Å². The van der Waals surface area contributed by atoms with Gasteiger partial charge in [0.05, 0.1) is 11.3 Å². The fraction of sp³-hybridized carbons (Fsp3) is 0.250. The highest BCUT2D eigenvalue weighted by Gasteiger charge is 2.14. The Balaban J connectivity index is 1.88. The molecule has 0 fully saturated rings. The molecule has 0 aliphatic rings. The van der Waals surface area contributed by atoms with E-state index >= 15 is 0 Å². The summed E-state index contributed by atoms with van der Waals surface area (Å²) in [7, 11) is 0. The first-order chi connectivity index (χ1) is 13.0. The lowest BCUT2D eigenvalue weighted by molar-refractivity contribution is -0.142. The molecule has 0 unspecified atom stereocenters. The van der Waals surface area contributed by atoms with Crippen LogP contribution in [-0.2, 0) is 14.3 Å². The number of hydrogen-bond acceptors (Lipinski definition) is 5. The van der Waals surface area contributed by atoms with Crippen molar-refractivity contribution in [3.63, 3.8) is 0 Å². The van der Waals surface area contributed by atoms with Gasteiger partial charge >= 0.3 is 5.97 Å². The molecule has 2 rings (SSSR count). The molecular formula is C20H22N2O4S. The number of carbonyl (C=O) groups excluding carboxylic acids is 3. The van der Waals surface area contributed by atoms with Crippen LogP contribution in [0.25, 0.3) is 6.08 Å². The highest BCUT2D eigenvalue weighted by atomic mass is 32.1. The molecule has 1 aromatic carbocycles. The Morgan fingerprint density at radius 2 is 1.93 bits per heavy atom. The minimum atomic E-state index is -0.610. The van der Waals surface area contributed by atoms with Crippen LogP contribution in [0.3, 0.4) is 0 Å². The van der Waals surface area contributed by atoms with Gasteiger partial charge in [0, 0.05) is 17.5 Å². The minimum Gasteiger partial charge on any atom is -0.452 e. The van der Waals surface area contributed by atoms with Crippen molar-refractivity contribution in [2.45, 2.75) is 13.8 Å². The van der Waals surface area contributed by atoms with Crippen molar-refractivity contribution in [3.05, 3.63) is 58.3 Å². The molecule has 142 valence electrons. The molecule has 0 aliphatic heterocycles. The van der Waals surface area contributed by atoms with Crippen LogP contribution in [-0.4, -0.2) is 30.9 Å². The van der Waals surface area contributed by atoms with E-state index in [4.69, 9.17) is 4.74 Å². The van der Waals surface area contributed by atoms with E-state index in [1.807, 2.05) is 31.4 Å². The lowest BCUT2D eigenvalue weighted by Crippen LogP contribution is -2.29. The molecule has 1 heterocycles. The van der Waals surface area contributed by atoms with Gasteiger partial charge in [-0.25, -0.2) is 4.79 Å². The first-order valence-electron chi connectivity index (χ1n) is 8.51. The van der Waals surface area contributed by atoms with Crippen LogP contribution in [0.5, 0.6) is 0 Å². The van der Waals surface area contributed by atoms with Gasteiger partial charge in [-0.2, -0.15) is 0 Å². The van der Waals surface area contributed by atoms with Crippen LogP contribution < -0.4 is 10.6 Å². The number of carbonyl (C=O) groups is 3. The smallest absolute Gasteiger partial charge is 0.331 e. The van der Waals surface area contributed by atoms with Gasteiger partial charge < -0.3 is 15.4 Å². The van der Waals surface area contributed by atoms with Crippen molar-refractivity contribution in [2.24, 2.45) is 5.92 Å². The SMILES string of the molecule is CC(C)CNC(=O)c1ccccc1NC(=O)COC(=O)/C=C/c1cccs1. The quantitative estimate of drug-likeness (QED) is 0.538. The van der Waals surface area contributed by atoms with Gasteiger partial charge in [0.1, 0.15) is 0 Å². The minimum absolute atomic E-state index is 0.268. The standard InChI is InChI=1S/C20H22N2O4S/c1-14(2)12-21-20(25)16-7-3-4-8-17(16)22-18(23)13-26-19(24)10-9-15-6-5-11-27-15/h3-11,14H,12-13H2,1-2H3,(H,21,25)(H,22,23)/b10-9+. The zero-order chi connectivity index (χ0) is 19.6. The summed E-state index contributed by atoms with van der Waals surface area (Å²) in [5.74, 6) is -1.08. The van der Waals surface area contributed by atoms with Crippen molar-refractivity contribution >= 4 is 40.9 Å². The van der Waals surface area contributed by atoms with Gasteiger partial charge in [0.15, 0.2) is 6.61 Å². The first-order valence-corrected chi connectivity index (χ1v) is 9.39. The van der Waals surface area contributed by atoms with Crippen molar-refractivity contribution in [2.75, 3.05) is 18.5 Å². The second-order valence-corrected chi connectivity index (χ2v) is 7.13. The topological polar surface area (TPSA) is 84.5 Å². The maximum atomic E-state index is 12.3. The highest BCUT2D eigenvalue weighted by molar-refractivity contribution is 7.10. The zero-order valence-corrected chi connectivity index (χ0v) is 16.0. The monoisotopic (exact) mass is 386 g/mol. The van der Waals surface area contributed by atoms with Gasteiger partial charge in [0.2, 0.25) is 0 Å². The van der Waals surface area contributed by atoms with Crippen molar-refractivity contribution in [3.8, 4) is 0 Å². The molecule has 2 aromatic rings. The van der Waals surface area contributed by atoms with E-state index in [0.29, 0.717) is 23.7 Å². The number of thiophene rings is 1. The predicted molar refractivity (Wildman–Crippen MR) is 107 cm³/mol. The fourth-order valence-electron chi connectivity index (χ4n) is 2.09. The second kappa shape index (κ2) is 10.3. The summed E-state index contributed by atoms with van der Waals surface area (Å²) in [4.78, 5) is 36.9. The Morgan fingerprint density at radius 3 is 2.63 bits per heavy atom. The second-order valence-electron chi connectivity index (χ2n) is 6.15. The molecule has 7 heteroatoms. The number of anilines is 1. The molecule has 27 heavy (non-hydrogen) atoms. The van der Waals surface area contributed by atoms with E-state index < -0.39 is 18.5 Å². The Kier molecular flexibility index (Phi) is 7.76. The summed E-state index contributed by atoms with van der Waals surface area (Å²) in [5.41, 5.74) is 0.726. The van der Waals surface area contributed by atoms with Gasteiger partial charge in [-0.1, -0.05) is 32.0 Å². The molecule has 0 saturated carbocycles. The van der Waals surface area contributed by atoms with Crippen molar-refractivity contribution in [1.29, 1.82) is 0 Å². The number of ether oxygens (including phenoxy) is 1. The van der Waals surface area contributed by atoms with E-state index in [0.717, 1.165) is 4.88 Å². The fourth-order valence-corrected chi connectivity index (χ4v) is 2.71. The first kappa shape index (κ1) is 20.4. The summed E-state index contributed by atoms with van der Waals surface area (Å²) in [5, 5.41) is 7.31. The molecule has 0 radical (unpaired) electrons. The molecule has 0 saturated heterocycles. The highest BCUT2D eigenvalue weighted by Crippen LogP contribution is 2.15. The summed E-state index contributed by atoms with van der Waals surface area (Å²) in [6, 6.07) is 10.4. The van der Waals surface area contributed by atoms with E-state index in [9.17, 15) is 14.4 Å². The molecule has 0 bridgehead atoms. The molecule has 2 amide bonds. The Bertz CT molecular complexity index is 813. The Labute approximate surface area is 162 Å². The third kappa shape index (κ3) is 7.07. The number of esters is 1. The largest absolute Gasteiger partial charge is 0.452 e. The maximum Gasteiger partial charge on any atom is 0.331 e. The van der Waals surface area contributed by atoms with Crippen molar-refractivity contribution < 1.29 is 19.1 Å². The maximum absolute atomic E-state index is 12.3. The average Bonchev–Trinajstić information content (AvgIpc) is 3.17. The molecule has 0 atom stereocenters. The van der Waals surface area contributed by atoms with Gasteiger partial charge in [-0.3, -0.25) is 9.59 Å². The Morgan fingerprint density at radius 1 is 1.15 bits per heavy atom. The van der Waals surface area contributed by atoms with E-state index in [1.54, 1.807) is 30.3 Å². The van der Waals surface area contributed by atoms with Crippen molar-refractivity contribution in [1.82, 2.24) is 5.32 Å². The van der Waals surface area contributed by atoms with Crippen LogP contribution in [0.4, 0.5) is 5.69 Å². The van der Waals surface area contributed by atoms with E-state index in [1.165, 1.54) is 17.4 Å². The summed E-state index contributed by atoms with van der Waals surface area (Å²) < 4.78 is 4.92. The molecule has 2 N–H and O–H groups in total. The predicted octanol–water partition coefficient (Wildman–Crippen LogP) is 3.33. The number of benzene rings is 1. The molecule has 0 spiro atoms. The summed E-state index contributed by atoms with van der Waals surface area (Å²) >= 11 is 1.49. The number of rotatable bonds is 8. The molecule has 6 nitrogen and oxygen atoms in total. The average molecular weight is 386 g/mol. The van der Waals surface area contributed by atoms with Crippen LogP contribution in [0.1, 0.15) is 29.1 Å². The normalized spacial score (nSPS) is 10.8. The summed E-state index contributed by atoms with van der Waals surface area (Å²) in [6.45, 7) is 4.09. The number of amides is 2. The lowest BCUT2D eigenvalue weighted by Gasteiger charge is -2.12. The van der Waals surface area contributed by atoms with E-state index in [2.05, 4.69) is 10.6 Å². The van der Waals surface area contributed by atoms with Crippen LogP contribution in [0, 0.1) is 5.92 Å². The van der Waals surface area contributed by atoms with E-state index in [-0.39, 0.29) is 5.91 Å². The number of para-hydroxylation sites is 1. The number of nitrogens with one attached hydrogen (secondary N) is 2. The third-order valence-electron chi connectivity index (χ3n) is 3.39. The zero-order valence-electron chi connectivity index (χ0n) is 15.2.